The molecule has 5 rings (SSSR count). The fourth-order valence-corrected chi connectivity index (χ4v) is 5.23. The highest BCUT2D eigenvalue weighted by Crippen LogP contribution is 2.38. The monoisotopic (exact) mass is 512 g/mol. The van der Waals surface area contributed by atoms with E-state index in [1.807, 2.05) is 0 Å². The van der Waals surface area contributed by atoms with Crippen LogP contribution in [0.2, 0.25) is 0 Å². The molecule has 2 aliphatic rings. The number of piperidine rings is 1. The third-order valence-corrected chi connectivity index (χ3v) is 7.11. The molecule has 0 aliphatic carbocycles. The highest BCUT2D eigenvalue weighted by Gasteiger charge is 2.31. The van der Waals surface area contributed by atoms with Crippen LogP contribution in [0.3, 0.4) is 0 Å². The van der Waals surface area contributed by atoms with Crippen LogP contribution in [0.15, 0.2) is 54.6 Å². The van der Waals surface area contributed by atoms with Crippen LogP contribution in [0, 0.1) is 3.57 Å². The van der Waals surface area contributed by atoms with Crippen LogP contribution in [0.1, 0.15) is 55.0 Å². The van der Waals surface area contributed by atoms with Gasteiger partial charge in [0.2, 0.25) is 0 Å². The van der Waals surface area contributed by atoms with Crippen molar-refractivity contribution in [3.05, 3.63) is 75.0 Å². The number of benzene rings is 2. The maximum Gasteiger partial charge on any atom is 0.133 e. The summed E-state index contributed by atoms with van der Waals surface area (Å²) in [6.45, 7) is 3.18. The number of rotatable bonds is 4. The molecule has 2 aliphatic heterocycles. The van der Waals surface area contributed by atoms with E-state index in [9.17, 15) is 0 Å². The second kappa shape index (κ2) is 9.10. The number of fused-ring (bicyclic) bond motifs is 1. The van der Waals surface area contributed by atoms with Crippen LogP contribution >= 0.6 is 22.6 Å². The zero-order chi connectivity index (χ0) is 20.3. The predicted molar refractivity (Wildman–Crippen MR) is 131 cm³/mol. The fourth-order valence-electron chi connectivity index (χ4n) is 4.87. The lowest BCUT2D eigenvalue weighted by Crippen LogP contribution is -2.33. The summed E-state index contributed by atoms with van der Waals surface area (Å²) in [7, 11) is 0. The Bertz CT molecular complexity index is 980. The number of aromatic nitrogens is 2. The minimum absolute atomic E-state index is 0.401. The first-order chi connectivity index (χ1) is 14.8. The number of nitrogens with zero attached hydrogens (tertiary/aromatic N) is 3. The molecular weight excluding hydrogens is 483 g/mol. The van der Waals surface area contributed by atoms with Gasteiger partial charge in [-0.2, -0.15) is 5.10 Å². The summed E-state index contributed by atoms with van der Waals surface area (Å²) in [6, 6.07) is 20.0. The summed E-state index contributed by atoms with van der Waals surface area (Å²) >= 11 is 2.37. The van der Waals surface area contributed by atoms with Crippen molar-refractivity contribution in [3.8, 4) is 5.69 Å². The average molecular weight is 512 g/mol. The SMILES string of the molecule is Ic1ccc(-n2nc(C3CCCCN3Cc3ccccc3)c3c2NCCCC3)cc1. The minimum atomic E-state index is 0.401. The Labute approximate surface area is 192 Å². The van der Waals surface area contributed by atoms with E-state index in [2.05, 4.69) is 92.1 Å². The van der Waals surface area contributed by atoms with E-state index >= 15 is 0 Å². The standard InChI is InChI=1S/C25H29IN4/c26-20-12-14-21(15-13-20)30-25-22(10-4-6-16-27-25)24(28-30)23-11-5-7-17-29(23)18-19-8-2-1-3-9-19/h1-3,8-9,12-15,23,27H,4-7,10-11,16-18H2. The summed E-state index contributed by atoms with van der Waals surface area (Å²) < 4.78 is 3.42. The van der Waals surface area contributed by atoms with Crippen molar-refractivity contribution in [2.45, 2.75) is 51.1 Å². The van der Waals surface area contributed by atoms with Crippen LogP contribution in [0.5, 0.6) is 0 Å². The van der Waals surface area contributed by atoms with Gasteiger partial charge in [0, 0.05) is 22.2 Å². The van der Waals surface area contributed by atoms with Gasteiger partial charge < -0.3 is 5.32 Å². The maximum atomic E-state index is 5.26. The van der Waals surface area contributed by atoms with Crippen molar-refractivity contribution in [1.29, 1.82) is 0 Å². The van der Waals surface area contributed by atoms with Crippen molar-refractivity contribution >= 4 is 28.4 Å². The fraction of sp³-hybridized carbons (Fsp3) is 0.400. The van der Waals surface area contributed by atoms with Crippen LogP contribution in [-0.4, -0.2) is 27.8 Å². The second-order valence-corrected chi connectivity index (χ2v) is 9.70. The topological polar surface area (TPSA) is 33.1 Å². The Morgan fingerprint density at radius 2 is 1.80 bits per heavy atom. The van der Waals surface area contributed by atoms with Gasteiger partial charge in [0.15, 0.2) is 0 Å². The molecule has 1 N–H and O–H groups in total. The lowest BCUT2D eigenvalue weighted by atomic mass is 9.94. The van der Waals surface area contributed by atoms with Gasteiger partial charge in [-0.3, -0.25) is 4.90 Å². The predicted octanol–water partition coefficient (Wildman–Crippen LogP) is 5.95. The zero-order valence-electron chi connectivity index (χ0n) is 17.4. The van der Waals surface area contributed by atoms with Crippen molar-refractivity contribution in [3.63, 3.8) is 0 Å². The summed E-state index contributed by atoms with van der Waals surface area (Å²) in [5, 5.41) is 8.97. The van der Waals surface area contributed by atoms with Crippen molar-refractivity contribution in [2.75, 3.05) is 18.4 Å². The Morgan fingerprint density at radius 1 is 0.967 bits per heavy atom. The van der Waals surface area contributed by atoms with E-state index in [-0.39, 0.29) is 0 Å². The molecule has 2 aromatic carbocycles. The third kappa shape index (κ3) is 4.14. The molecule has 156 valence electrons. The third-order valence-electron chi connectivity index (χ3n) is 6.39. The summed E-state index contributed by atoms with van der Waals surface area (Å²) in [4.78, 5) is 2.66. The molecule has 3 heterocycles. The van der Waals surface area contributed by atoms with Gasteiger partial charge >= 0.3 is 0 Å². The van der Waals surface area contributed by atoms with Gasteiger partial charge in [-0.25, -0.2) is 4.68 Å². The van der Waals surface area contributed by atoms with E-state index < -0.39 is 0 Å². The molecule has 4 nitrogen and oxygen atoms in total. The van der Waals surface area contributed by atoms with Gasteiger partial charge in [0.05, 0.1) is 17.4 Å². The van der Waals surface area contributed by atoms with Crippen molar-refractivity contribution in [2.24, 2.45) is 0 Å². The van der Waals surface area contributed by atoms with Crippen molar-refractivity contribution in [1.82, 2.24) is 14.7 Å². The molecule has 1 unspecified atom stereocenters. The second-order valence-electron chi connectivity index (χ2n) is 8.45. The molecular formula is C25H29IN4. The van der Waals surface area contributed by atoms with Gasteiger partial charge in [-0.15, -0.1) is 0 Å². The molecule has 5 heteroatoms. The van der Waals surface area contributed by atoms with Crippen LogP contribution in [-0.2, 0) is 13.0 Å². The summed E-state index contributed by atoms with van der Waals surface area (Å²) in [5.41, 5.74) is 5.29. The number of nitrogens with one attached hydrogen (secondary N) is 1. The van der Waals surface area contributed by atoms with Gasteiger partial charge in [-0.1, -0.05) is 36.8 Å². The Morgan fingerprint density at radius 3 is 2.63 bits per heavy atom. The van der Waals surface area contributed by atoms with Crippen LogP contribution in [0.25, 0.3) is 5.69 Å². The molecule has 30 heavy (non-hydrogen) atoms. The Balaban J connectivity index is 1.54. The Kier molecular flexibility index (Phi) is 6.09. The van der Waals surface area contributed by atoms with Crippen LogP contribution < -0.4 is 5.32 Å². The van der Waals surface area contributed by atoms with E-state index in [0.717, 1.165) is 31.7 Å². The minimum Gasteiger partial charge on any atom is -0.370 e. The highest BCUT2D eigenvalue weighted by atomic mass is 127. The number of likely N-dealkylation sites (tertiary alicyclic amines) is 1. The molecule has 0 saturated carbocycles. The molecule has 3 aromatic rings. The number of hydrogen-bond donors (Lipinski definition) is 1. The normalized spacial score (nSPS) is 19.7. The first-order valence-electron chi connectivity index (χ1n) is 11.2. The number of anilines is 1. The molecule has 0 radical (unpaired) electrons. The number of halogens is 1. The molecule has 1 atom stereocenters. The van der Waals surface area contributed by atoms with E-state index in [0.29, 0.717) is 6.04 Å². The Hall–Kier alpha value is -1.86. The van der Waals surface area contributed by atoms with E-state index in [4.69, 9.17) is 5.10 Å². The van der Waals surface area contributed by atoms with E-state index in [1.165, 1.54) is 58.3 Å². The smallest absolute Gasteiger partial charge is 0.133 e. The van der Waals surface area contributed by atoms with Gasteiger partial charge in [0.1, 0.15) is 5.82 Å². The van der Waals surface area contributed by atoms with Crippen molar-refractivity contribution < 1.29 is 0 Å². The summed E-state index contributed by atoms with van der Waals surface area (Å²) in [6.07, 6.45) is 7.34. The zero-order valence-corrected chi connectivity index (χ0v) is 19.5. The largest absolute Gasteiger partial charge is 0.370 e. The first kappa shape index (κ1) is 20.1. The number of hydrogen-bond acceptors (Lipinski definition) is 3. The molecule has 1 fully saturated rings. The van der Waals surface area contributed by atoms with Gasteiger partial charge in [0.25, 0.3) is 0 Å². The maximum absolute atomic E-state index is 5.26. The molecule has 0 spiro atoms. The average Bonchev–Trinajstić information content (AvgIpc) is 2.96. The molecule has 1 saturated heterocycles. The lowest BCUT2D eigenvalue weighted by Gasteiger charge is -2.35. The first-order valence-corrected chi connectivity index (χ1v) is 12.3. The lowest BCUT2D eigenvalue weighted by molar-refractivity contribution is 0.136. The van der Waals surface area contributed by atoms with Gasteiger partial charge in [-0.05, 0) is 91.1 Å². The summed E-state index contributed by atoms with van der Waals surface area (Å²) in [5.74, 6) is 1.22. The molecule has 0 amide bonds. The van der Waals surface area contributed by atoms with E-state index in [1.54, 1.807) is 0 Å². The van der Waals surface area contributed by atoms with Crippen LogP contribution in [0.4, 0.5) is 5.82 Å². The molecule has 1 aromatic heterocycles. The molecule has 0 bridgehead atoms. The highest BCUT2D eigenvalue weighted by molar-refractivity contribution is 14.1. The quantitative estimate of drug-likeness (QED) is 0.439.